The first-order valence-electron chi connectivity index (χ1n) is 13.6. The van der Waals surface area contributed by atoms with Crippen LogP contribution < -0.4 is 20.3 Å². The second-order valence-corrected chi connectivity index (χ2v) is 10.2. The van der Waals surface area contributed by atoms with Crippen LogP contribution in [0.15, 0.2) is 55.0 Å². The van der Waals surface area contributed by atoms with E-state index in [4.69, 9.17) is 4.74 Å². The molecule has 0 aliphatic carbocycles. The Kier molecular flexibility index (Phi) is 9.94. The summed E-state index contributed by atoms with van der Waals surface area (Å²) < 4.78 is 61.9. The second kappa shape index (κ2) is 13.6. The van der Waals surface area contributed by atoms with Crippen molar-refractivity contribution in [2.75, 3.05) is 56.8 Å². The molecule has 14 heteroatoms. The van der Waals surface area contributed by atoms with Crippen molar-refractivity contribution in [3.63, 3.8) is 0 Å². The highest BCUT2D eigenvalue weighted by Gasteiger charge is 2.32. The highest BCUT2D eigenvalue weighted by Crippen LogP contribution is 2.36. The topological polar surface area (TPSA) is 108 Å². The Morgan fingerprint density at radius 1 is 1.02 bits per heavy atom. The van der Waals surface area contributed by atoms with Crippen molar-refractivity contribution in [2.24, 2.45) is 0 Å². The molecule has 2 aromatic heterocycles. The third kappa shape index (κ3) is 7.75. The zero-order chi connectivity index (χ0) is 32.0. The fourth-order valence-electron chi connectivity index (χ4n) is 4.31. The van der Waals surface area contributed by atoms with Crippen molar-refractivity contribution in [2.45, 2.75) is 19.5 Å². The van der Waals surface area contributed by atoms with Crippen LogP contribution in [0.3, 0.4) is 0 Å². The molecule has 0 radical (unpaired) electrons. The zero-order valence-corrected chi connectivity index (χ0v) is 24.8. The molecule has 2 N–H and O–H groups in total. The Balaban J connectivity index is 1.66. The van der Waals surface area contributed by atoms with E-state index in [1.54, 1.807) is 38.1 Å². The quantitative estimate of drug-likeness (QED) is 0.201. The minimum absolute atomic E-state index is 0.0846. The molecule has 0 fully saturated rings. The molecule has 4 aromatic rings. The highest BCUT2D eigenvalue weighted by molar-refractivity contribution is 6.06. The van der Waals surface area contributed by atoms with Crippen LogP contribution in [-0.4, -0.2) is 72.0 Å². The molecular formula is C30H32F4N8O2. The van der Waals surface area contributed by atoms with Gasteiger partial charge in [-0.2, -0.15) is 18.2 Å². The van der Waals surface area contributed by atoms with Crippen LogP contribution in [0.5, 0.6) is 11.6 Å². The van der Waals surface area contributed by atoms with Crippen LogP contribution in [0.1, 0.15) is 27.9 Å². The summed E-state index contributed by atoms with van der Waals surface area (Å²) in [5, 5.41) is 5.31. The summed E-state index contributed by atoms with van der Waals surface area (Å²) in [6, 6.07) is 8.70. The maximum absolute atomic E-state index is 15.2. The molecule has 0 atom stereocenters. The van der Waals surface area contributed by atoms with Crippen LogP contribution in [-0.2, 0) is 6.18 Å². The Labute approximate surface area is 252 Å². The number of halogens is 4. The number of alkyl halides is 3. The molecule has 0 saturated carbocycles. The number of ether oxygens (including phenoxy) is 1. The summed E-state index contributed by atoms with van der Waals surface area (Å²) in [5.41, 5.74) is -0.379. The molecule has 2 aromatic carbocycles. The number of pyridine rings is 1. The number of carbonyl (C=O) groups is 1. The summed E-state index contributed by atoms with van der Waals surface area (Å²) in [4.78, 5) is 33.8. The molecule has 0 saturated heterocycles. The van der Waals surface area contributed by atoms with Gasteiger partial charge in [-0.15, -0.1) is 0 Å². The Morgan fingerprint density at radius 2 is 1.80 bits per heavy atom. The van der Waals surface area contributed by atoms with Crippen LogP contribution in [0.4, 0.5) is 34.9 Å². The standard InChI is InChI=1S/C30H32F4N8O2/c1-18-14-22(31)21(16-25(18)44-28-20(8-6-11-36-28)26-37-17-38-29(35-2)40-26)27(43)39-23-15-19(30(32,33)34)9-10-24(23)42(5)13-7-12-41(3)4/h6,8-11,14-17H,7,12-13H2,1-5H3,(H,39,43)(H,35,37,38,40). The number of rotatable bonds is 11. The average molecular weight is 613 g/mol. The molecular weight excluding hydrogens is 580 g/mol. The number of nitrogens with one attached hydrogen (secondary N) is 2. The predicted molar refractivity (Wildman–Crippen MR) is 160 cm³/mol. The molecule has 0 aliphatic heterocycles. The van der Waals surface area contributed by atoms with Gasteiger partial charge in [0.15, 0.2) is 5.82 Å². The maximum Gasteiger partial charge on any atom is 0.416 e. The van der Waals surface area contributed by atoms with Gasteiger partial charge in [-0.05, 0) is 82.0 Å². The first-order valence-corrected chi connectivity index (χ1v) is 13.6. The van der Waals surface area contributed by atoms with Crippen molar-refractivity contribution in [3.05, 3.63) is 77.5 Å². The van der Waals surface area contributed by atoms with E-state index in [9.17, 15) is 18.0 Å². The normalized spacial score (nSPS) is 11.4. The Hall–Kier alpha value is -4.85. The van der Waals surface area contributed by atoms with Gasteiger partial charge in [0.1, 0.15) is 17.9 Å². The molecule has 0 bridgehead atoms. The number of nitrogens with zero attached hydrogens (tertiary/aromatic N) is 6. The van der Waals surface area contributed by atoms with E-state index in [0.717, 1.165) is 31.2 Å². The van der Waals surface area contributed by atoms with Crippen LogP contribution in [0.2, 0.25) is 0 Å². The minimum Gasteiger partial charge on any atom is -0.438 e. The lowest BCUT2D eigenvalue weighted by Gasteiger charge is -2.24. The number of carbonyl (C=O) groups excluding carboxylic acids is 1. The molecule has 44 heavy (non-hydrogen) atoms. The predicted octanol–water partition coefficient (Wildman–Crippen LogP) is 5.87. The molecule has 232 valence electrons. The fourth-order valence-corrected chi connectivity index (χ4v) is 4.31. The van der Waals surface area contributed by atoms with E-state index in [-0.39, 0.29) is 23.1 Å². The zero-order valence-electron chi connectivity index (χ0n) is 24.8. The van der Waals surface area contributed by atoms with Crippen molar-refractivity contribution >= 4 is 23.2 Å². The molecule has 0 aliphatic rings. The average Bonchev–Trinajstić information content (AvgIpc) is 2.98. The number of benzene rings is 2. The van der Waals surface area contributed by atoms with Gasteiger partial charge in [-0.25, -0.2) is 19.3 Å². The van der Waals surface area contributed by atoms with Gasteiger partial charge in [-0.1, -0.05) is 0 Å². The van der Waals surface area contributed by atoms with Crippen LogP contribution >= 0.6 is 0 Å². The van der Waals surface area contributed by atoms with E-state index in [0.29, 0.717) is 29.3 Å². The molecule has 10 nitrogen and oxygen atoms in total. The second-order valence-electron chi connectivity index (χ2n) is 10.2. The number of hydrogen-bond acceptors (Lipinski definition) is 9. The van der Waals surface area contributed by atoms with Crippen LogP contribution in [0, 0.1) is 12.7 Å². The van der Waals surface area contributed by atoms with Gasteiger partial charge >= 0.3 is 6.18 Å². The number of aromatic nitrogens is 4. The van der Waals surface area contributed by atoms with Gasteiger partial charge in [0, 0.05) is 26.8 Å². The van der Waals surface area contributed by atoms with Crippen molar-refractivity contribution < 1.29 is 27.1 Å². The first-order chi connectivity index (χ1) is 20.9. The fraction of sp³-hybridized carbons (Fsp3) is 0.300. The van der Waals surface area contributed by atoms with E-state index < -0.39 is 29.0 Å². The number of aryl methyl sites for hydroxylation is 1. The lowest BCUT2D eigenvalue weighted by atomic mass is 10.1. The van der Waals surface area contributed by atoms with E-state index in [2.05, 4.69) is 30.6 Å². The number of anilines is 3. The largest absolute Gasteiger partial charge is 0.438 e. The molecule has 1 amide bonds. The molecule has 0 unspecified atom stereocenters. The summed E-state index contributed by atoms with van der Waals surface area (Å²) in [5.74, 6) is -1.06. The van der Waals surface area contributed by atoms with Gasteiger partial charge < -0.3 is 25.2 Å². The van der Waals surface area contributed by atoms with E-state index in [1.165, 1.54) is 24.7 Å². The summed E-state index contributed by atoms with van der Waals surface area (Å²) in [7, 11) is 7.20. The third-order valence-corrected chi connectivity index (χ3v) is 6.61. The number of hydrogen-bond donors (Lipinski definition) is 2. The van der Waals surface area contributed by atoms with Crippen molar-refractivity contribution in [3.8, 4) is 23.0 Å². The SMILES string of the molecule is CNc1ncnc(-c2cccnc2Oc2cc(C(=O)Nc3cc(C(F)(F)F)ccc3N(C)CCCN(C)C)c(F)cc2C)n1. The third-order valence-electron chi connectivity index (χ3n) is 6.61. The summed E-state index contributed by atoms with van der Waals surface area (Å²) in [6.45, 7) is 2.84. The van der Waals surface area contributed by atoms with Gasteiger partial charge in [0.25, 0.3) is 5.91 Å². The minimum atomic E-state index is -4.65. The Morgan fingerprint density at radius 3 is 2.50 bits per heavy atom. The van der Waals surface area contributed by atoms with Crippen molar-refractivity contribution in [1.29, 1.82) is 0 Å². The first kappa shape index (κ1) is 32.1. The highest BCUT2D eigenvalue weighted by atomic mass is 19.4. The molecule has 0 spiro atoms. The summed E-state index contributed by atoms with van der Waals surface area (Å²) in [6.07, 6.45) is -1.13. The van der Waals surface area contributed by atoms with Gasteiger partial charge in [0.05, 0.1) is 28.1 Å². The van der Waals surface area contributed by atoms with Gasteiger partial charge in [0.2, 0.25) is 11.8 Å². The lowest BCUT2D eigenvalue weighted by Crippen LogP contribution is -2.25. The monoisotopic (exact) mass is 612 g/mol. The molecule has 2 heterocycles. The Bertz CT molecular complexity index is 1630. The van der Waals surface area contributed by atoms with E-state index >= 15 is 4.39 Å². The molecule has 4 rings (SSSR count). The maximum atomic E-state index is 15.2. The summed E-state index contributed by atoms with van der Waals surface area (Å²) >= 11 is 0. The van der Waals surface area contributed by atoms with Gasteiger partial charge in [-0.3, -0.25) is 4.79 Å². The lowest BCUT2D eigenvalue weighted by molar-refractivity contribution is -0.137. The van der Waals surface area contributed by atoms with Crippen LogP contribution in [0.25, 0.3) is 11.4 Å². The van der Waals surface area contributed by atoms with E-state index in [1.807, 2.05) is 19.0 Å². The smallest absolute Gasteiger partial charge is 0.416 e. The number of amides is 1. The van der Waals surface area contributed by atoms with Crippen molar-refractivity contribution in [1.82, 2.24) is 24.8 Å².